The third kappa shape index (κ3) is 4.21. The normalized spacial score (nSPS) is 25.7. The van der Waals surface area contributed by atoms with Crippen molar-refractivity contribution in [2.24, 2.45) is 5.92 Å². The lowest BCUT2D eigenvalue weighted by Crippen LogP contribution is -2.60. The number of fused-ring (bicyclic) bond motifs is 3. The molecule has 4 heterocycles. The summed E-state index contributed by atoms with van der Waals surface area (Å²) in [7, 11) is 0. The minimum Gasteiger partial charge on any atom is -0.451 e. The maximum atomic E-state index is 12.6. The molecule has 160 valence electrons. The number of amides is 2. The summed E-state index contributed by atoms with van der Waals surface area (Å²) in [5.74, 6) is -1.24. The molecule has 1 aromatic heterocycles. The van der Waals surface area contributed by atoms with Crippen LogP contribution in [0.5, 0.6) is 0 Å². The first kappa shape index (κ1) is 20.5. The van der Waals surface area contributed by atoms with Gasteiger partial charge < -0.3 is 15.1 Å². The molecule has 2 bridgehead atoms. The zero-order valence-corrected chi connectivity index (χ0v) is 16.3. The molecule has 2 aromatic rings. The molecule has 9 heteroatoms. The molecule has 30 heavy (non-hydrogen) atoms. The number of anilines is 1. The lowest BCUT2D eigenvalue weighted by Gasteiger charge is -2.48. The van der Waals surface area contributed by atoms with E-state index in [9.17, 15) is 22.8 Å². The van der Waals surface area contributed by atoms with E-state index in [1.165, 1.54) is 24.3 Å². The molecule has 0 radical (unpaired) electrons. The van der Waals surface area contributed by atoms with E-state index in [-0.39, 0.29) is 23.4 Å². The molecule has 2 N–H and O–H groups in total. The van der Waals surface area contributed by atoms with Crippen molar-refractivity contribution in [3.63, 3.8) is 0 Å². The van der Waals surface area contributed by atoms with E-state index in [1.54, 1.807) is 17.4 Å². The number of hydrogen-bond donors (Lipinski definition) is 2. The summed E-state index contributed by atoms with van der Waals surface area (Å²) in [6, 6.07) is 9.59. The van der Waals surface area contributed by atoms with Crippen LogP contribution < -0.4 is 10.6 Å². The molecule has 0 spiro atoms. The Balaban J connectivity index is 1.39. The second-order valence-electron chi connectivity index (χ2n) is 7.90. The molecule has 5 rings (SSSR count). The number of alkyl halides is 3. The summed E-state index contributed by atoms with van der Waals surface area (Å²) in [6.07, 6.45) is -2.80. The number of hydrogen-bond acceptors (Lipinski definition) is 4. The van der Waals surface area contributed by atoms with E-state index in [1.807, 2.05) is 0 Å². The summed E-state index contributed by atoms with van der Waals surface area (Å²) < 4.78 is 42.6. The smallest absolute Gasteiger partial charge is 0.451 e. The number of carbonyl (C=O) groups excluding carboxylic acids is 2. The fraction of sp³-hybridized carbons (Fsp3) is 0.429. The SMILES string of the molecule is CC1CC2CCN1C[C@@H]2NC(=O)c1ccc(-c2ccc(NC(=O)C(F)(F)F)cc2)o1. The molecule has 6 nitrogen and oxygen atoms in total. The summed E-state index contributed by atoms with van der Waals surface area (Å²) in [6.45, 7) is 4.13. The van der Waals surface area contributed by atoms with Crippen molar-refractivity contribution in [2.75, 3.05) is 18.4 Å². The molecule has 3 aliphatic rings. The average Bonchev–Trinajstić information content (AvgIpc) is 3.19. The van der Waals surface area contributed by atoms with E-state index in [2.05, 4.69) is 17.1 Å². The van der Waals surface area contributed by atoms with Crippen molar-refractivity contribution >= 4 is 17.5 Å². The molecule has 4 atom stereocenters. The van der Waals surface area contributed by atoms with Crippen LogP contribution in [0.4, 0.5) is 18.9 Å². The topological polar surface area (TPSA) is 74.6 Å². The summed E-state index contributed by atoms with van der Waals surface area (Å²) in [5.41, 5.74) is 0.595. The van der Waals surface area contributed by atoms with Gasteiger partial charge in [0.25, 0.3) is 5.91 Å². The second-order valence-corrected chi connectivity index (χ2v) is 7.90. The first-order chi connectivity index (χ1) is 14.2. The fourth-order valence-corrected chi connectivity index (χ4v) is 4.23. The number of nitrogens with one attached hydrogen (secondary N) is 2. The van der Waals surface area contributed by atoms with Gasteiger partial charge in [-0.05, 0) is 68.6 Å². The Morgan fingerprint density at radius 1 is 1.13 bits per heavy atom. The van der Waals surface area contributed by atoms with E-state index in [0.717, 1.165) is 25.9 Å². The maximum Gasteiger partial charge on any atom is 0.471 e. The predicted molar refractivity (Wildman–Crippen MR) is 104 cm³/mol. The highest BCUT2D eigenvalue weighted by Crippen LogP contribution is 2.32. The Morgan fingerprint density at radius 2 is 1.87 bits per heavy atom. The third-order valence-electron chi connectivity index (χ3n) is 5.89. The number of carbonyl (C=O) groups is 2. The van der Waals surface area contributed by atoms with Gasteiger partial charge in [-0.15, -0.1) is 0 Å². The Labute approximate surface area is 171 Å². The molecule has 3 saturated heterocycles. The van der Waals surface area contributed by atoms with Gasteiger partial charge in [-0.1, -0.05) is 0 Å². The highest BCUT2D eigenvalue weighted by atomic mass is 19.4. The van der Waals surface area contributed by atoms with Gasteiger partial charge in [-0.25, -0.2) is 0 Å². The molecular formula is C21H22F3N3O3. The molecular weight excluding hydrogens is 399 g/mol. The summed E-state index contributed by atoms with van der Waals surface area (Å²) >= 11 is 0. The van der Waals surface area contributed by atoms with Crippen LogP contribution in [0, 0.1) is 5.92 Å². The van der Waals surface area contributed by atoms with Gasteiger partial charge >= 0.3 is 12.1 Å². The van der Waals surface area contributed by atoms with Crippen LogP contribution >= 0.6 is 0 Å². The van der Waals surface area contributed by atoms with Gasteiger partial charge in [0, 0.05) is 29.9 Å². The highest BCUT2D eigenvalue weighted by Gasteiger charge is 2.39. The average molecular weight is 421 g/mol. The van der Waals surface area contributed by atoms with E-state index in [4.69, 9.17) is 4.42 Å². The first-order valence-corrected chi connectivity index (χ1v) is 9.84. The van der Waals surface area contributed by atoms with E-state index < -0.39 is 12.1 Å². The Hall–Kier alpha value is -2.81. The van der Waals surface area contributed by atoms with Crippen LogP contribution in [-0.2, 0) is 4.79 Å². The first-order valence-electron chi connectivity index (χ1n) is 9.84. The van der Waals surface area contributed by atoms with Crippen molar-refractivity contribution in [3.8, 4) is 11.3 Å². The van der Waals surface area contributed by atoms with Gasteiger partial charge in [0.05, 0.1) is 0 Å². The number of nitrogens with zero attached hydrogens (tertiary/aromatic N) is 1. The van der Waals surface area contributed by atoms with Crippen LogP contribution in [0.2, 0.25) is 0 Å². The van der Waals surface area contributed by atoms with Crippen molar-refractivity contribution in [3.05, 3.63) is 42.2 Å². The van der Waals surface area contributed by atoms with Crippen molar-refractivity contribution in [1.82, 2.24) is 10.2 Å². The minimum absolute atomic E-state index is 0.0159. The van der Waals surface area contributed by atoms with E-state index in [0.29, 0.717) is 23.3 Å². The Kier molecular flexibility index (Phi) is 5.31. The molecule has 3 unspecified atom stereocenters. The lowest BCUT2D eigenvalue weighted by molar-refractivity contribution is -0.167. The van der Waals surface area contributed by atoms with Gasteiger partial charge in [0.1, 0.15) is 5.76 Å². The monoisotopic (exact) mass is 421 g/mol. The number of piperidine rings is 3. The number of benzene rings is 1. The van der Waals surface area contributed by atoms with Crippen LogP contribution in [0.3, 0.4) is 0 Å². The third-order valence-corrected chi connectivity index (χ3v) is 5.89. The predicted octanol–water partition coefficient (Wildman–Crippen LogP) is 3.66. The van der Waals surface area contributed by atoms with Crippen LogP contribution in [0.1, 0.15) is 30.3 Å². The number of halogens is 3. The summed E-state index contributed by atoms with van der Waals surface area (Å²) in [5, 5.41) is 4.85. The molecule has 3 aliphatic heterocycles. The maximum absolute atomic E-state index is 12.6. The van der Waals surface area contributed by atoms with Gasteiger partial charge in [0.2, 0.25) is 0 Å². The minimum atomic E-state index is -4.95. The number of rotatable bonds is 4. The zero-order valence-electron chi connectivity index (χ0n) is 16.3. The van der Waals surface area contributed by atoms with Crippen molar-refractivity contribution in [2.45, 2.75) is 38.0 Å². The summed E-state index contributed by atoms with van der Waals surface area (Å²) in [4.78, 5) is 26.0. The fourth-order valence-electron chi connectivity index (χ4n) is 4.23. The molecule has 0 saturated carbocycles. The van der Waals surface area contributed by atoms with Gasteiger partial charge in [-0.3, -0.25) is 14.5 Å². The second kappa shape index (κ2) is 7.79. The van der Waals surface area contributed by atoms with Crippen LogP contribution in [-0.4, -0.2) is 48.1 Å². The van der Waals surface area contributed by atoms with Crippen LogP contribution in [0.25, 0.3) is 11.3 Å². The van der Waals surface area contributed by atoms with Crippen LogP contribution in [0.15, 0.2) is 40.8 Å². The van der Waals surface area contributed by atoms with Crippen molar-refractivity contribution < 1.29 is 27.2 Å². The Morgan fingerprint density at radius 3 is 2.47 bits per heavy atom. The van der Waals surface area contributed by atoms with E-state index >= 15 is 0 Å². The highest BCUT2D eigenvalue weighted by molar-refractivity contribution is 5.95. The molecule has 3 fully saturated rings. The number of furan rings is 1. The zero-order chi connectivity index (χ0) is 21.5. The molecule has 2 amide bonds. The standard InChI is InChI=1S/C21H22F3N3O3/c1-12-10-14-8-9-27(12)11-16(14)26-19(28)18-7-6-17(30-18)13-2-4-15(5-3-13)25-20(29)21(22,23)24/h2-7,12,14,16H,8-11H2,1H3,(H,25,29)(H,26,28)/t12?,14?,16-/m0/s1. The van der Waals surface area contributed by atoms with Crippen molar-refractivity contribution in [1.29, 1.82) is 0 Å². The van der Waals surface area contributed by atoms with Gasteiger partial charge in [0.15, 0.2) is 5.76 Å². The quantitative estimate of drug-likeness (QED) is 0.790. The molecule has 1 aromatic carbocycles. The largest absolute Gasteiger partial charge is 0.471 e. The lowest BCUT2D eigenvalue weighted by atomic mass is 9.80. The van der Waals surface area contributed by atoms with Gasteiger partial charge in [-0.2, -0.15) is 13.2 Å². The molecule has 0 aliphatic carbocycles. The Bertz CT molecular complexity index is 939.